The van der Waals surface area contributed by atoms with Crippen LogP contribution in [0.5, 0.6) is 11.6 Å². The highest BCUT2D eigenvalue weighted by molar-refractivity contribution is 7.18. The first-order chi connectivity index (χ1) is 9.65. The van der Waals surface area contributed by atoms with Gasteiger partial charge in [-0.2, -0.15) is 0 Å². The largest absolute Gasteiger partial charge is 0.478 e. The van der Waals surface area contributed by atoms with Crippen molar-refractivity contribution in [1.82, 2.24) is 9.97 Å². The Bertz CT molecular complexity index is 798. The van der Waals surface area contributed by atoms with E-state index >= 15 is 0 Å². The molecule has 0 saturated heterocycles. The van der Waals surface area contributed by atoms with Crippen LogP contribution in [0.4, 0.5) is 0 Å². The maximum atomic E-state index is 11.2. The van der Waals surface area contributed by atoms with Crippen molar-refractivity contribution in [1.29, 1.82) is 0 Å². The van der Waals surface area contributed by atoms with Gasteiger partial charge in [-0.1, -0.05) is 12.1 Å². The molecule has 0 aliphatic carbocycles. The molecule has 5 nitrogen and oxygen atoms in total. The molecule has 0 amide bonds. The van der Waals surface area contributed by atoms with Crippen LogP contribution in [0.2, 0.25) is 0 Å². The first-order valence-electron chi connectivity index (χ1n) is 5.86. The van der Waals surface area contributed by atoms with Crippen LogP contribution >= 0.6 is 11.3 Å². The molecule has 3 rings (SSSR count). The molecular formula is C14H10N2O3S. The number of rotatable bonds is 3. The zero-order chi connectivity index (χ0) is 14.1. The van der Waals surface area contributed by atoms with Crippen LogP contribution in [0.1, 0.15) is 15.2 Å². The maximum Gasteiger partial charge on any atom is 0.339 e. The quantitative estimate of drug-likeness (QED) is 0.798. The number of aryl methyl sites for hydroxylation is 1. The molecule has 0 bridgehead atoms. The lowest BCUT2D eigenvalue weighted by atomic mass is 10.2. The van der Waals surface area contributed by atoms with E-state index in [2.05, 4.69) is 9.97 Å². The number of hydrogen-bond acceptors (Lipinski definition) is 5. The fraction of sp³-hybridized carbons (Fsp3) is 0.0714. The van der Waals surface area contributed by atoms with Crippen molar-refractivity contribution in [2.75, 3.05) is 0 Å². The summed E-state index contributed by atoms with van der Waals surface area (Å²) in [4.78, 5) is 21.4. The van der Waals surface area contributed by atoms with Gasteiger partial charge < -0.3 is 9.84 Å². The van der Waals surface area contributed by atoms with E-state index in [0.29, 0.717) is 5.88 Å². The van der Waals surface area contributed by atoms with Crippen molar-refractivity contribution in [3.8, 4) is 11.6 Å². The van der Waals surface area contributed by atoms with E-state index in [0.717, 1.165) is 15.1 Å². The molecule has 2 aromatic heterocycles. The summed E-state index contributed by atoms with van der Waals surface area (Å²) in [6.07, 6.45) is 1.41. The van der Waals surface area contributed by atoms with E-state index in [1.807, 2.05) is 13.0 Å². The van der Waals surface area contributed by atoms with Gasteiger partial charge in [-0.05, 0) is 25.1 Å². The highest BCUT2D eigenvalue weighted by Gasteiger charge is 2.14. The molecule has 0 spiro atoms. The molecule has 0 saturated carbocycles. The van der Waals surface area contributed by atoms with Gasteiger partial charge in [0.2, 0.25) is 5.88 Å². The van der Waals surface area contributed by atoms with E-state index in [1.54, 1.807) is 18.2 Å². The van der Waals surface area contributed by atoms with E-state index in [-0.39, 0.29) is 11.3 Å². The number of hydrogen-bond donors (Lipinski definition) is 1. The fourth-order valence-corrected chi connectivity index (χ4v) is 2.71. The zero-order valence-electron chi connectivity index (χ0n) is 10.5. The number of para-hydroxylation sites is 1. The number of ether oxygens (including phenoxy) is 1. The van der Waals surface area contributed by atoms with Crippen molar-refractivity contribution in [3.63, 3.8) is 0 Å². The SMILES string of the molecule is Cc1cc2c(Oc3ccccc3C(=O)O)ncnc2s1. The van der Waals surface area contributed by atoms with E-state index < -0.39 is 5.97 Å². The lowest BCUT2D eigenvalue weighted by molar-refractivity contribution is 0.0694. The summed E-state index contributed by atoms with van der Waals surface area (Å²) in [6.45, 7) is 1.97. The second-order valence-electron chi connectivity index (χ2n) is 4.16. The minimum absolute atomic E-state index is 0.103. The van der Waals surface area contributed by atoms with Gasteiger partial charge in [0.05, 0.1) is 5.39 Å². The van der Waals surface area contributed by atoms with Gasteiger partial charge in [-0.25, -0.2) is 14.8 Å². The predicted octanol–water partition coefficient (Wildman–Crippen LogP) is 3.49. The van der Waals surface area contributed by atoms with Gasteiger partial charge in [0.1, 0.15) is 22.5 Å². The Balaban J connectivity index is 2.08. The summed E-state index contributed by atoms with van der Waals surface area (Å²) >= 11 is 1.54. The van der Waals surface area contributed by atoms with Crippen molar-refractivity contribution >= 4 is 27.5 Å². The smallest absolute Gasteiger partial charge is 0.339 e. The Morgan fingerprint density at radius 2 is 2.10 bits per heavy atom. The van der Waals surface area contributed by atoms with Crippen LogP contribution in [0.15, 0.2) is 36.7 Å². The lowest BCUT2D eigenvalue weighted by Gasteiger charge is -2.07. The molecule has 2 heterocycles. The average Bonchev–Trinajstić information content (AvgIpc) is 2.80. The third-order valence-electron chi connectivity index (χ3n) is 2.74. The molecule has 0 aliphatic rings. The van der Waals surface area contributed by atoms with Crippen molar-refractivity contribution in [2.24, 2.45) is 0 Å². The molecule has 0 fully saturated rings. The van der Waals surface area contributed by atoms with Crippen LogP contribution in [-0.2, 0) is 0 Å². The minimum atomic E-state index is -1.03. The Labute approximate surface area is 118 Å². The first kappa shape index (κ1) is 12.6. The van der Waals surface area contributed by atoms with Gasteiger partial charge >= 0.3 is 5.97 Å². The molecular weight excluding hydrogens is 276 g/mol. The maximum absolute atomic E-state index is 11.2. The van der Waals surface area contributed by atoms with Crippen LogP contribution in [0, 0.1) is 6.92 Å². The molecule has 1 N–H and O–H groups in total. The second kappa shape index (κ2) is 4.90. The lowest BCUT2D eigenvalue weighted by Crippen LogP contribution is -2.00. The average molecular weight is 286 g/mol. The van der Waals surface area contributed by atoms with E-state index in [1.165, 1.54) is 23.7 Å². The van der Waals surface area contributed by atoms with Gasteiger partial charge in [0, 0.05) is 4.88 Å². The monoisotopic (exact) mass is 286 g/mol. The van der Waals surface area contributed by atoms with Gasteiger partial charge in [0.15, 0.2) is 0 Å². The highest BCUT2D eigenvalue weighted by Crippen LogP contribution is 2.32. The number of fused-ring (bicyclic) bond motifs is 1. The zero-order valence-corrected chi connectivity index (χ0v) is 11.3. The number of aromatic carboxylic acids is 1. The first-order valence-corrected chi connectivity index (χ1v) is 6.68. The number of carboxylic acid groups (broad SMARTS) is 1. The molecule has 6 heteroatoms. The Morgan fingerprint density at radius 3 is 2.90 bits per heavy atom. The molecule has 0 radical (unpaired) electrons. The van der Waals surface area contributed by atoms with Crippen molar-refractivity contribution in [2.45, 2.75) is 6.92 Å². The van der Waals surface area contributed by atoms with Crippen LogP contribution < -0.4 is 4.74 Å². The van der Waals surface area contributed by atoms with Gasteiger partial charge in [-0.15, -0.1) is 11.3 Å². The summed E-state index contributed by atoms with van der Waals surface area (Å²) in [6, 6.07) is 8.41. The Hall–Kier alpha value is -2.47. The molecule has 20 heavy (non-hydrogen) atoms. The number of carboxylic acids is 1. The van der Waals surface area contributed by atoms with Crippen molar-refractivity contribution in [3.05, 3.63) is 47.1 Å². The van der Waals surface area contributed by atoms with Crippen LogP contribution in [-0.4, -0.2) is 21.0 Å². The minimum Gasteiger partial charge on any atom is -0.478 e. The predicted molar refractivity (Wildman–Crippen MR) is 75.6 cm³/mol. The second-order valence-corrected chi connectivity index (χ2v) is 5.39. The van der Waals surface area contributed by atoms with Crippen LogP contribution in [0.3, 0.4) is 0 Å². The van der Waals surface area contributed by atoms with E-state index in [4.69, 9.17) is 9.84 Å². The summed E-state index contributed by atoms with van der Waals surface area (Å²) in [7, 11) is 0. The van der Waals surface area contributed by atoms with Gasteiger partial charge in [-0.3, -0.25) is 0 Å². The summed E-state index contributed by atoms with van der Waals surface area (Å²) in [5, 5.41) is 9.94. The third kappa shape index (κ3) is 2.21. The standard InChI is InChI=1S/C14H10N2O3S/c1-8-6-10-12(15-7-16-13(10)20-8)19-11-5-3-2-4-9(11)14(17)18/h2-7H,1H3,(H,17,18). The van der Waals surface area contributed by atoms with Crippen molar-refractivity contribution < 1.29 is 14.6 Å². The molecule has 100 valence electrons. The molecule has 0 atom stereocenters. The molecule has 3 aromatic rings. The number of carbonyl (C=O) groups is 1. The Morgan fingerprint density at radius 1 is 1.30 bits per heavy atom. The van der Waals surface area contributed by atoms with Crippen LogP contribution in [0.25, 0.3) is 10.2 Å². The molecule has 1 aromatic carbocycles. The number of thiophene rings is 1. The normalized spacial score (nSPS) is 10.7. The van der Waals surface area contributed by atoms with Gasteiger partial charge in [0.25, 0.3) is 0 Å². The molecule has 0 aliphatic heterocycles. The summed E-state index contributed by atoms with van der Waals surface area (Å²) in [5.74, 6) is -0.399. The third-order valence-corrected chi connectivity index (χ3v) is 3.70. The fourth-order valence-electron chi connectivity index (χ4n) is 1.87. The topological polar surface area (TPSA) is 72.3 Å². The number of aromatic nitrogens is 2. The summed E-state index contributed by atoms with van der Waals surface area (Å²) < 4.78 is 5.67. The summed E-state index contributed by atoms with van der Waals surface area (Å²) in [5.41, 5.74) is 0.103. The Kier molecular flexibility index (Phi) is 3.08. The highest BCUT2D eigenvalue weighted by atomic mass is 32.1. The molecule has 0 unspecified atom stereocenters. The number of benzene rings is 1. The van der Waals surface area contributed by atoms with E-state index in [9.17, 15) is 4.79 Å². The number of nitrogens with zero attached hydrogens (tertiary/aromatic N) is 2.